The molecule has 2 aromatic carbocycles. The highest BCUT2D eigenvalue weighted by atomic mass is 19.1. The summed E-state index contributed by atoms with van der Waals surface area (Å²) in [6.45, 7) is 10.5. The average Bonchev–Trinajstić information content (AvgIpc) is 3.33. The van der Waals surface area contributed by atoms with Gasteiger partial charge in [-0.2, -0.15) is 0 Å². The van der Waals surface area contributed by atoms with Crippen molar-refractivity contribution in [2.24, 2.45) is 0 Å². The van der Waals surface area contributed by atoms with E-state index in [2.05, 4.69) is 5.32 Å². The zero-order valence-corrected chi connectivity index (χ0v) is 25.6. The highest BCUT2D eigenvalue weighted by molar-refractivity contribution is 5.99. The Balaban J connectivity index is 1.84. The van der Waals surface area contributed by atoms with E-state index in [0.717, 1.165) is 12.5 Å². The van der Waals surface area contributed by atoms with Crippen molar-refractivity contribution in [3.8, 4) is 5.75 Å². The molecule has 1 aliphatic heterocycles. The number of carbonyl (C=O) groups is 3. The van der Waals surface area contributed by atoms with Gasteiger partial charge in [0.05, 0.1) is 6.10 Å². The molecule has 0 saturated carbocycles. The monoisotopic (exact) mass is 603 g/mol. The Hall–Kier alpha value is -3.73. The van der Waals surface area contributed by atoms with Gasteiger partial charge in [0, 0.05) is 62.1 Å². The minimum absolute atomic E-state index is 0.0702. The second kappa shape index (κ2) is 15.1. The number of nitrogens with zero attached hydrogens (tertiary/aromatic N) is 2. The minimum Gasteiger partial charge on any atom is -0.508 e. The Bertz CT molecular complexity index is 1260. The third kappa shape index (κ3) is 10.8. The highest BCUT2D eigenvalue weighted by Gasteiger charge is 2.27. The van der Waals surface area contributed by atoms with Crippen LogP contribution in [0.1, 0.15) is 76.2 Å². The number of ether oxygens (including phenoxy) is 2. The largest absolute Gasteiger partial charge is 0.508 e. The number of phenolic OH excluding ortho intramolecular Hbond substituents is 1. The Morgan fingerprint density at radius 1 is 1.12 bits per heavy atom. The number of anilines is 1. The van der Waals surface area contributed by atoms with Gasteiger partial charge in [-0.25, -0.2) is 13.6 Å². The summed E-state index contributed by atoms with van der Waals surface area (Å²) < 4.78 is 39.4. The molecule has 1 saturated heterocycles. The number of carbonyl (C=O) groups excluding carboxylic acids is 3. The van der Waals surface area contributed by atoms with Crippen molar-refractivity contribution < 1.29 is 37.7 Å². The van der Waals surface area contributed by atoms with Crippen molar-refractivity contribution in [3.05, 3.63) is 59.2 Å². The summed E-state index contributed by atoms with van der Waals surface area (Å²) in [6, 6.07) is 6.74. The molecule has 2 atom stereocenters. The first-order chi connectivity index (χ1) is 20.2. The van der Waals surface area contributed by atoms with E-state index in [1.807, 2.05) is 13.8 Å². The van der Waals surface area contributed by atoms with E-state index < -0.39 is 35.3 Å². The lowest BCUT2D eigenvalue weighted by Crippen LogP contribution is -2.44. The summed E-state index contributed by atoms with van der Waals surface area (Å²) in [5.74, 6) is -2.31. The summed E-state index contributed by atoms with van der Waals surface area (Å²) in [7, 11) is 0. The number of halogens is 2. The lowest BCUT2D eigenvalue weighted by molar-refractivity contribution is -0.117. The van der Waals surface area contributed by atoms with Crippen molar-refractivity contribution in [1.29, 1.82) is 0 Å². The molecule has 3 amide bonds. The summed E-state index contributed by atoms with van der Waals surface area (Å²) in [6.07, 6.45) is 1.35. The Labute approximate surface area is 252 Å². The van der Waals surface area contributed by atoms with Crippen LogP contribution < -0.4 is 10.2 Å². The quantitative estimate of drug-likeness (QED) is 0.310. The van der Waals surface area contributed by atoms with Crippen LogP contribution in [0.4, 0.5) is 19.3 Å². The Morgan fingerprint density at radius 2 is 1.81 bits per heavy atom. The molecule has 43 heavy (non-hydrogen) atoms. The topological polar surface area (TPSA) is 108 Å². The van der Waals surface area contributed by atoms with E-state index in [9.17, 15) is 28.3 Å². The van der Waals surface area contributed by atoms with E-state index in [4.69, 9.17) is 9.47 Å². The van der Waals surface area contributed by atoms with Crippen molar-refractivity contribution in [1.82, 2.24) is 10.2 Å². The number of rotatable bonds is 13. The van der Waals surface area contributed by atoms with Crippen LogP contribution in [0.2, 0.25) is 0 Å². The lowest BCUT2D eigenvalue weighted by atomic mass is 10.0. The molecule has 0 radical (unpaired) electrons. The van der Waals surface area contributed by atoms with Crippen LogP contribution in [0, 0.1) is 11.6 Å². The number of benzene rings is 2. The number of phenols is 1. The zero-order valence-electron chi connectivity index (χ0n) is 25.6. The van der Waals surface area contributed by atoms with Crippen LogP contribution >= 0.6 is 0 Å². The fourth-order valence-electron chi connectivity index (χ4n) is 4.89. The van der Waals surface area contributed by atoms with Crippen LogP contribution in [0.25, 0.3) is 0 Å². The van der Waals surface area contributed by atoms with Crippen LogP contribution in [0.15, 0.2) is 36.4 Å². The van der Waals surface area contributed by atoms with Gasteiger partial charge in [-0.05, 0) is 83.2 Å². The van der Waals surface area contributed by atoms with Crippen LogP contribution in [0.3, 0.4) is 0 Å². The van der Waals surface area contributed by atoms with Crippen molar-refractivity contribution in [3.63, 3.8) is 0 Å². The van der Waals surface area contributed by atoms with E-state index in [-0.39, 0.29) is 49.3 Å². The molecule has 1 heterocycles. The maximum Gasteiger partial charge on any atom is 0.410 e. The van der Waals surface area contributed by atoms with Crippen molar-refractivity contribution in [2.45, 2.75) is 84.5 Å². The van der Waals surface area contributed by atoms with E-state index >= 15 is 0 Å². The highest BCUT2D eigenvalue weighted by Crippen LogP contribution is 2.27. The molecule has 0 spiro atoms. The van der Waals surface area contributed by atoms with Gasteiger partial charge in [0.25, 0.3) is 5.91 Å². The zero-order chi connectivity index (χ0) is 31.7. The molecule has 0 aliphatic carbocycles. The maximum atomic E-state index is 14.0. The fourth-order valence-corrected chi connectivity index (χ4v) is 4.89. The first kappa shape index (κ1) is 33.8. The number of amides is 3. The smallest absolute Gasteiger partial charge is 0.410 e. The number of aromatic hydroxyl groups is 1. The van der Waals surface area contributed by atoms with Crippen LogP contribution in [-0.2, 0) is 20.7 Å². The standard InChI is InChI=1S/C32H43F2N3O6/c1-6-12-42-21(2)20-36(31(41)43-32(3,4)5)11-9-26(15-22-13-24(33)18-25(34)14-22)35-30(40)23-16-27(19-28(38)17-23)37-10-7-8-29(37)39/h13-14,16-19,21,26,38H,6-12,15,20H2,1-5H3,(H,35,40)/t21-,26-/m1/s1. The second-order valence-corrected chi connectivity index (χ2v) is 11.9. The predicted octanol–water partition coefficient (Wildman–Crippen LogP) is 5.58. The second-order valence-electron chi connectivity index (χ2n) is 11.9. The van der Waals surface area contributed by atoms with Crippen molar-refractivity contribution >= 4 is 23.6 Å². The fraction of sp³-hybridized carbons (Fsp3) is 0.531. The lowest BCUT2D eigenvalue weighted by Gasteiger charge is -2.30. The molecule has 2 N–H and O–H groups in total. The molecule has 3 rings (SSSR count). The molecule has 1 fully saturated rings. The normalized spacial score (nSPS) is 14.9. The third-order valence-corrected chi connectivity index (χ3v) is 6.77. The first-order valence-corrected chi connectivity index (χ1v) is 14.7. The molecule has 0 unspecified atom stereocenters. The van der Waals surface area contributed by atoms with Crippen LogP contribution in [0.5, 0.6) is 5.75 Å². The van der Waals surface area contributed by atoms with Gasteiger partial charge in [-0.15, -0.1) is 0 Å². The van der Waals surface area contributed by atoms with Gasteiger partial charge >= 0.3 is 6.09 Å². The molecule has 0 bridgehead atoms. The summed E-state index contributed by atoms with van der Waals surface area (Å²) in [4.78, 5) is 41.8. The van der Waals surface area contributed by atoms with Gasteiger partial charge in [0.1, 0.15) is 23.0 Å². The SMILES string of the molecule is CCCO[C@H](C)CN(CC[C@H](Cc1cc(F)cc(F)c1)NC(=O)c1cc(O)cc(N2CCCC2=O)c1)C(=O)OC(C)(C)C. The number of nitrogens with one attached hydrogen (secondary N) is 1. The molecule has 236 valence electrons. The van der Waals surface area contributed by atoms with Gasteiger partial charge in [-0.1, -0.05) is 6.92 Å². The number of hydrogen-bond acceptors (Lipinski definition) is 6. The Morgan fingerprint density at radius 3 is 2.42 bits per heavy atom. The van der Waals surface area contributed by atoms with E-state index in [0.29, 0.717) is 37.2 Å². The average molecular weight is 604 g/mol. The van der Waals surface area contributed by atoms with Gasteiger partial charge in [0.15, 0.2) is 0 Å². The first-order valence-electron chi connectivity index (χ1n) is 14.7. The molecular weight excluding hydrogens is 560 g/mol. The predicted molar refractivity (Wildman–Crippen MR) is 159 cm³/mol. The molecule has 1 aliphatic rings. The van der Waals surface area contributed by atoms with Crippen molar-refractivity contribution in [2.75, 3.05) is 31.1 Å². The minimum atomic E-state index is -0.745. The van der Waals surface area contributed by atoms with Gasteiger partial charge < -0.3 is 29.7 Å². The molecule has 2 aromatic rings. The van der Waals surface area contributed by atoms with Gasteiger partial charge in [-0.3, -0.25) is 9.59 Å². The molecule has 0 aromatic heterocycles. The van der Waals surface area contributed by atoms with Crippen LogP contribution in [-0.4, -0.2) is 71.9 Å². The summed E-state index contributed by atoms with van der Waals surface area (Å²) in [5.41, 5.74) is 0.119. The van der Waals surface area contributed by atoms with E-state index in [1.165, 1.54) is 40.1 Å². The molecular formula is C32H43F2N3O6. The summed E-state index contributed by atoms with van der Waals surface area (Å²) in [5, 5.41) is 13.2. The molecule has 11 heteroatoms. The molecule has 9 nitrogen and oxygen atoms in total. The third-order valence-electron chi connectivity index (χ3n) is 6.77. The summed E-state index contributed by atoms with van der Waals surface area (Å²) >= 11 is 0. The van der Waals surface area contributed by atoms with E-state index in [1.54, 1.807) is 20.8 Å². The van der Waals surface area contributed by atoms with Gasteiger partial charge in [0.2, 0.25) is 5.91 Å². The Kier molecular flexibility index (Phi) is 11.9. The maximum absolute atomic E-state index is 14.0. The number of hydrogen-bond donors (Lipinski definition) is 2.